The predicted molar refractivity (Wildman–Crippen MR) is 80.7 cm³/mol. The van der Waals surface area contributed by atoms with Gasteiger partial charge in [-0.05, 0) is 27.7 Å². The molecule has 0 aliphatic carbocycles. The van der Waals surface area contributed by atoms with Crippen molar-refractivity contribution in [3.05, 3.63) is 23.4 Å². The number of hydrogen-bond acceptors (Lipinski definition) is 2. The van der Waals surface area contributed by atoms with Gasteiger partial charge in [0.05, 0.1) is 16.2 Å². The Bertz CT molecular complexity index is 477. The Kier molecular flexibility index (Phi) is 3.71. The maximum Gasteiger partial charge on any atom is 0.254 e. The number of amides is 1. The highest BCUT2D eigenvalue weighted by atomic mass is 79.9. The second kappa shape index (κ2) is 4.87. The monoisotopic (exact) mass is 326 g/mol. The van der Waals surface area contributed by atoms with E-state index in [2.05, 4.69) is 46.4 Å². The zero-order valence-corrected chi connectivity index (χ0v) is 13.5. The Morgan fingerprint density at radius 3 is 2.74 bits per heavy atom. The van der Waals surface area contributed by atoms with Gasteiger partial charge in [-0.2, -0.15) is 4.59 Å². The summed E-state index contributed by atoms with van der Waals surface area (Å²) in [7, 11) is 0. The Morgan fingerprint density at radius 2 is 2.26 bits per heavy atom. The van der Waals surface area contributed by atoms with Crippen LogP contribution in [0.25, 0.3) is 0 Å². The molecule has 2 unspecified atom stereocenters. The minimum absolute atomic E-state index is 0.0109. The van der Waals surface area contributed by atoms with E-state index in [9.17, 15) is 4.79 Å². The lowest BCUT2D eigenvalue weighted by molar-refractivity contribution is -0.899. The topological polar surface area (TPSA) is 41.5 Å². The van der Waals surface area contributed by atoms with Gasteiger partial charge in [-0.25, -0.2) is 0 Å². The molecule has 2 atom stereocenters. The van der Waals surface area contributed by atoms with Crippen LogP contribution in [0.15, 0.2) is 28.5 Å². The lowest BCUT2D eigenvalue weighted by Gasteiger charge is -2.35. The number of carbonyl (C=O) groups excluding carboxylic acids is 1. The normalized spacial score (nSPS) is 34.3. The number of halogens is 1. The fourth-order valence-corrected chi connectivity index (χ4v) is 3.19. The zero-order valence-electron chi connectivity index (χ0n) is 11.9. The average Bonchev–Trinajstić information content (AvgIpc) is 2.72. The number of quaternary nitrogens is 1. The first kappa shape index (κ1) is 14.5. The summed E-state index contributed by atoms with van der Waals surface area (Å²) in [5.41, 5.74) is 1.99. The Labute approximate surface area is 123 Å². The molecule has 0 saturated carbocycles. The van der Waals surface area contributed by atoms with E-state index in [1.807, 2.05) is 26.1 Å². The molecule has 2 rings (SSSR count). The Morgan fingerprint density at radius 1 is 1.58 bits per heavy atom. The second-order valence-electron chi connectivity index (χ2n) is 5.83. The van der Waals surface area contributed by atoms with Crippen LogP contribution in [0.5, 0.6) is 0 Å². The molecular weight excluding hydrogens is 306 g/mol. The van der Waals surface area contributed by atoms with Crippen LogP contribution in [0.4, 0.5) is 0 Å². The standard InChI is InChI=1S/C14H20BrN3O/c1-10(2)18(7-5-6-16-18)9-12-11(3)8-14(4,15)17-13(12)19/h5-7,10H,8-9H2,1-4H3/p+1. The minimum Gasteiger partial charge on any atom is -0.337 e. The number of rotatable bonds is 3. The van der Waals surface area contributed by atoms with Crippen LogP contribution in [0.3, 0.4) is 0 Å². The molecule has 0 aromatic heterocycles. The lowest BCUT2D eigenvalue weighted by Crippen LogP contribution is -2.51. The van der Waals surface area contributed by atoms with Crippen molar-refractivity contribution < 1.29 is 9.39 Å². The molecule has 19 heavy (non-hydrogen) atoms. The highest BCUT2D eigenvalue weighted by molar-refractivity contribution is 9.10. The molecule has 0 bridgehead atoms. The van der Waals surface area contributed by atoms with E-state index in [0.717, 1.165) is 17.6 Å². The maximum absolute atomic E-state index is 12.3. The molecule has 1 N–H and O–H groups in total. The number of nitrogens with one attached hydrogen (secondary N) is 1. The van der Waals surface area contributed by atoms with Crippen LogP contribution in [-0.4, -0.2) is 33.7 Å². The third kappa shape index (κ3) is 2.82. The van der Waals surface area contributed by atoms with Gasteiger partial charge < -0.3 is 5.32 Å². The number of hydrogen-bond donors (Lipinski definition) is 1. The van der Waals surface area contributed by atoms with Gasteiger partial charge in [0.1, 0.15) is 18.8 Å². The molecule has 0 saturated heterocycles. The first-order valence-electron chi connectivity index (χ1n) is 6.57. The zero-order chi connectivity index (χ0) is 14.3. The fourth-order valence-electron chi connectivity index (χ4n) is 2.59. The fraction of sp³-hybridized carbons (Fsp3) is 0.571. The molecule has 0 aromatic rings. The number of nitrogens with zero attached hydrogens (tertiary/aromatic N) is 2. The van der Waals surface area contributed by atoms with Gasteiger partial charge in [0.2, 0.25) is 0 Å². The van der Waals surface area contributed by atoms with Crippen molar-refractivity contribution in [2.75, 3.05) is 6.54 Å². The quantitative estimate of drug-likeness (QED) is 0.483. The lowest BCUT2D eigenvalue weighted by atomic mass is 9.96. The summed E-state index contributed by atoms with van der Waals surface area (Å²) in [6.07, 6.45) is 6.64. The van der Waals surface area contributed by atoms with E-state index in [1.54, 1.807) is 0 Å². The highest BCUT2D eigenvalue weighted by Crippen LogP contribution is 2.32. The van der Waals surface area contributed by atoms with E-state index in [-0.39, 0.29) is 10.4 Å². The number of carbonyl (C=O) groups is 1. The van der Waals surface area contributed by atoms with Crippen molar-refractivity contribution >= 4 is 28.1 Å². The third-order valence-electron chi connectivity index (χ3n) is 3.78. The molecule has 2 heterocycles. The van der Waals surface area contributed by atoms with Gasteiger partial charge in [0, 0.05) is 12.5 Å². The Balaban J connectivity index is 2.30. The van der Waals surface area contributed by atoms with Crippen molar-refractivity contribution in [2.45, 2.75) is 44.6 Å². The van der Waals surface area contributed by atoms with E-state index >= 15 is 0 Å². The number of allylic oxidation sites excluding steroid dienone is 1. The summed E-state index contributed by atoms with van der Waals surface area (Å²) in [4.78, 5) is 12.3. The van der Waals surface area contributed by atoms with Gasteiger partial charge in [0.25, 0.3) is 5.91 Å². The van der Waals surface area contributed by atoms with Crippen molar-refractivity contribution in [3.8, 4) is 0 Å². The van der Waals surface area contributed by atoms with E-state index < -0.39 is 0 Å². The largest absolute Gasteiger partial charge is 0.337 e. The third-order valence-corrected chi connectivity index (χ3v) is 4.26. The molecule has 0 radical (unpaired) electrons. The average molecular weight is 327 g/mol. The van der Waals surface area contributed by atoms with Crippen molar-refractivity contribution in [2.24, 2.45) is 5.10 Å². The molecule has 0 fully saturated rings. The minimum atomic E-state index is -0.329. The van der Waals surface area contributed by atoms with E-state index in [4.69, 9.17) is 0 Å². The molecule has 0 spiro atoms. The number of alkyl halides is 1. The van der Waals surface area contributed by atoms with Crippen LogP contribution >= 0.6 is 15.9 Å². The van der Waals surface area contributed by atoms with E-state index in [1.165, 1.54) is 0 Å². The van der Waals surface area contributed by atoms with Crippen LogP contribution in [0.2, 0.25) is 0 Å². The van der Waals surface area contributed by atoms with Gasteiger partial charge in [-0.3, -0.25) is 4.79 Å². The van der Waals surface area contributed by atoms with Crippen LogP contribution in [-0.2, 0) is 4.79 Å². The molecule has 4 nitrogen and oxygen atoms in total. The molecule has 104 valence electrons. The van der Waals surface area contributed by atoms with Crippen molar-refractivity contribution in [3.63, 3.8) is 0 Å². The van der Waals surface area contributed by atoms with Crippen LogP contribution in [0.1, 0.15) is 34.1 Å². The van der Waals surface area contributed by atoms with Gasteiger partial charge in [-0.15, -0.1) is 0 Å². The molecule has 1 amide bonds. The van der Waals surface area contributed by atoms with Gasteiger partial charge in [-0.1, -0.05) is 26.6 Å². The predicted octanol–water partition coefficient (Wildman–Crippen LogP) is 2.67. The van der Waals surface area contributed by atoms with Crippen LogP contribution in [0, 0.1) is 0 Å². The summed E-state index contributed by atoms with van der Waals surface area (Å²) in [6.45, 7) is 8.88. The summed E-state index contributed by atoms with van der Waals surface area (Å²) < 4.78 is 0.142. The first-order chi connectivity index (χ1) is 8.76. The van der Waals surface area contributed by atoms with Crippen molar-refractivity contribution in [1.29, 1.82) is 0 Å². The van der Waals surface area contributed by atoms with Gasteiger partial charge >= 0.3 is 0 Å². The molecule has 2 aliphatic heterocycles. The van der Waals surface area contributed by atoms with Crippen molar-refractivity contribution in [1.82, 2.24) is 5.32 Å². The molecule has 2 aliphatic rings. The van der Waals surface area contributed by atoms with E-state index in [0.29, 0.717) is 17.2 Å². The summed E-state index contributed by atoms with van der Waals surface area (Å²) in [5.74, 6) is 0.0109. The second-order valence-corrected chi connectivity index (χ2v) is 7.58. The molecule has 0 aromatic carbocycles. The Hall–Kier alpha value is -0.940. The summed E-state index contributed by atoms with van der Waals surface area (Å²) >= 11 is 3.54. The van der Waals surface area contributed by atoms with Gasteiger partial charge in [0.15, 0.2) is 0 Å². The molecular formula is C14H21BrN3O+. The van der Waals surface area contributed by atoms with Crippen LogP contribution < -0.4 is 5.32 Å². The first-order valence-corrected chi connectivity index (χ1v) is 7.36. The summed E-state index contributed by atoms with van der Waals surface area (Å²) in [6, 6.07) is 0.306. The maximum atomic E-state index is 12.3. The highest BCUT2D eigenvalue weighted by Gasteiger charge is 2.39. The molecule has 5 heteroatoms. The summed E-state index contributed by atoms with van der Waals surface area (Å²) in [5, 5.41) is 7.54. The smallest absolute Gasteiger partial charge is 0.254 e. The SMILES string of the molecule is CC1=C(C[N+]2(C(C)C)C=CC=N2)C(=O)NC(C)(Br)C1.